The maximum Gasteiger partial charge on any atom is 0.244 e. The lowest BCUT2D eigenvalue weighted by molar-refractivity contribution is -0.175. The van der Waals surface area contributed by atoms with Crippen molar-refractivity contribution in [2.24, 2.45) is 0 Å². The number of aromatic nitrogens is 2. The van der Waals surface area contributed by atoms with Crippen LogP contribution in [0.1, 0.15) is 38.2 Å². The fraction of sp³-hybridized carbons (Fsp3) is 0.750. The quantitative estimate of drug-likeness (QED) is 0.889. The summed E-state index contributed by atoms with van der Waals surface area (Å²) in [6, 6.07) is 0. The molecule has 0 aromatic carbocycles. The molecule has 122 valence electrons. The molecular formula is C16H25N3O3. The van der Waals surface area contributed by atoms with Crippen LogP contribution in [0.3, 0.4) is 0 Å². The highest BCUT2D eigenvalue weighted by Crippen LogP contribution is 2.39. The van der Waals surface area contributed by atoms with Crippen molar-refractivity contribution in [1.82, 2.24) is 14.7 Å². The van der Waals surface area contributed by atoms with Gasteiger partial charge in [0.1, 0.15) is 6.54 Å². The lowest BCUT2D eigenvalue weighted by Crippen LogP contribution is -2.54. The molecule has 2 saturated heterocycles. The van der Waals surface area contributed by atoms with Gasteiger partial charge >= 0.3 is 0 Å². The van der Waals surface area contributed by atoms with Gasteiger partial charge in [-0.2, -0.15) is 5.10 Å². The molecule has 3 heterocycles. The summed E-state index contributed by atoms with van der Waals surface area (Å²) in [6.07, 6.45) is 6.59. The third kappa shape index (κ3) is 3.33. The zero-order valence-electron chi connectivity index (χ0n) is 13.4. The Kier molecular flexibility index (Phi) is 3.99. The predicted molar refractivity (Wildman–Crippen MR) is 81.3 cm³/mol. The Morgan fingerprint density at radius 3 is 2.73 bits per heavy atom. The van der Waals surface area contributed by atoms with Crippen molar-refractivity contribution in [2.75, 3.05) is 19.7 Å². The van der Waals surface area contributed by atoms with Crippen molar-refractivity contribution in [2.45, 2.75) is 57.3 Å². The monoisotopic (exact) mass is 307 g/mol. The van der Waals surface area contributed by atoms with Gasteiger partial charge in [-0.3, -0.25) is 9.48 Å². The number of hydrogen-bond acceptors (Lipinski definition) is 4. The summed E-state index contributed by atoms with van der Waals surface area (Å²) in [5.74, 6) is 0.0977. The number of likely N-dealkylation sites (tertiary alicyclic amines) is 1. The van der Waals surface area contributed by atoms with Crippen LogP contribution in [-0.2, 0) is 16.1 Å². The lowest BCUT2D eigenvalue weighted by Gasteiger charge is -2.48. The maximum absolute atomic E-state index is 12.4. The first-order valence-electron chi connectivity index (χ1n) is 8.01. The predicted octanol–water partition coefficient (Wildman–Crippen LogP) is 1.11. The molecule has 1 aromatic heterocycles. The van der Waals surface area contributed by atoms with E-state index in [1.54, 1.807) is 10.9 Å². The molecule has 1 amide bonds. The summed E-state index contributed by atoms with van der Waals surface area (Å²) in [5, 5.41) is 14.5. The van der Waals surface area contributed by atoms with Crippen LogP contribution >= 0.6 is 0 Å². The van der Waals surface area contributed by atoms with E-state index >= 15 is 0 Å². The third-order valence-corrected chi connectivity index (χ3v) is 4.84. The molecule has 1 spiro atoms. The molecule has 1 atom stereocenters. The van der Waals surface area contributed by atoms with Crippen LogP contribution in [-0.4, -0.2) is 56.6 Å². The van der Waals surface area contributed by atoms with E-state index in [2.05, 4.69) is 5.10 Å². The Hall–Kier alpha value is -1.40. The molecule has 0 aliphatic carbocycles. The first-order valence-corrected chi connectivity index (χ1v) is 8.01. The number of rotatable bonds is 2. The number of amides is 1. The Morgan fingerprint density at radius 1 is 1.41 bits per heavy atom. The Morgan fingerprint density at radius 2 is 2.14 bits per heavy atom. The summed E-state index contributed by atoms with van der Waals surface area (Å²) in [5.41, 5.74) is 0.168. The number of nitrogens with zero attached hydrogens (tertiary/aromatic N) is 3. The average molecular weight is 307 g/mol. The Bertz CT molecular complexity index is 545. The van der Waals surface area contributed by atoms with Crippen molar-refractivity contribution >= 4 is 5.91 Å². The molecule has 0 bridgehead atoms. The highest BCUT2D eigenvalue weighted by atomic mass is 16.5. The lowest BCUT2D eigenvalue weighted by atomic mass is 9.78. The normalized spacial score (nSPS) is 28.0. The van der Waals surface area contributed by atoms with Gasteiger partial charge in [-0.25, -0.2) is 0 Å². The fourth-order valence-corrected chi connectivity index (χ4v) is 3.60. The van der Waals surface area contributed by atoms with E-state index in [0.29, 0.717) is 39.1 Å². The van der Waals surface area contributed by atoms with E-state index < -0.39 is 5.60 Å². The van der Waals surface area contributed by atoms with Crippen LogP contribution in [0.15, 0.2) is 12.4 Å². The van der Waals surface area contributed by atoms with Crippen molar-refractivity contribution in [1.29, 1.82) is 0 Å². The summed E-state index contributed by atoms with van der Waals surface area (Å²) < 4.78 is 7.66. The van der Waals surface area contributed by atoms with Gasteiger partial charge in [-0.1, -0.05) is 0 Å². The summed E-state index contributed by atoms with van der Waals surface area (Å²) >= 11 is 0. The zero-order valence-corrected chi connectivity index (χ0v) is 13.4. The minimum absolute atomic E-state index is 0.0977. The first kappa shape index (κ1) is 15.5. The van der Waals surface area contributed by atoms with E-state index in [9.17, 15) is 9.90 Å². The largest absolute Gasteiger partial charge is 0.390 e. The van der Waals surface area contributed by atoms with Gasteiger partial charge < -0.3 is 14.7 Å². The number of hydrogen-bond donors (Lipinski definition) is 1. The van der Waals surface area contributed by atoms with Crippen molar-refractivity contribution in [3.63, 3.8) is 0 Å². The molecule has 2 aliphatic rings. The second kappa shape index (κ2) is 5.66. The van der Waals surface area contributed by atoms with Gasteiger partial charge in [-0.15, -0.1) is 0 Å². The summed E-state index contributed by atoms with van der Waals surface area (Å²) in [7, 11) is 0. The summed E-state index contributed by atoms with van der Waals surface area (Å²) in [6.45, 7) is 6.12. The van der Waals surface area contributed by atoms with E-state index in [4.69, 9.17) is 4.74 Å². The van der Waals surface area contributed by atoms with Gasteiger partial charge in [0.15, 0.2) is 0 Å². The number of piperidine rings is 1. The van der Waals surface area contributed by atoms with Gasteiger partial charge in [0.25, 0.3) is 0 Å². The second-order valence-electron chi connectivity index (χ2n) is 7.05. The van der Waals surface area contributed by atoms with Gasteiger partial charge in [0, 0.05) is 25.7 Å². The Labute approximate surface area is 131 Å². The average Bonchev–Trinajstić information content (AvgIpc) is 2.83. The van der Waals surface area contributed by atoms with Crippen LogP contribution in [0, 0.1) is 6.92 Å². The van der Waals surface area contributed by atoms with Gasteiger partial charge in [-0.05, 0) is 38.7 Å². The molecule has 22 heavy (non-hydrogen) atoms. The molecule has 1 aromatic rings. The highest BCUT2D eigenvalue weighted by Gasteiger charge is 2.44. The van der Waals surface area contributed by atoms with Crippen LogP contribution in [0.5, 0.6) is 0 Å². The third-order valence-electron chi connectivity index (χ3n) is 4.84. The molecule has 0 radical (unpaired) electrons. The molecule has 2 aliphatic heterocycles. The van der Waals surface area contributed by atoms with E-state index in [1.807, 2.05) is 24.9 Å². The van der Waals surface area contributed by atoms with Crippen LogP contribution in [0.25, 0.3) is 0 Å². The first-order chi connectivity index (χ1) is 10.4. The molecule has 0 saturated carbocycles. The van der Waals surface area contributed by atoms with Crippen molar-refractivity contribution in [3.8, 4) is 0 Å². The standard InChI is InChI=1S/C16H25N3O3/c1-13-9-17-19(10-13)11-14(20)18-6-3-16(4-7-18)12-15(2,21)5-8-22-16/h9-10,21H,3-8,11-12H2,1-2H3. The number of ether oxygens (including phenoxy) is 1. The molecule has 1 unspecified atom stereocenters. The molecule has 1 N–H and O–H groups in total. The number of aliphatic hydroxyl groups is 1. The number of aryl methyl sites for hydroxylation is 1. The van der Waals surface area contributed by atoms with E-state index in [-0.39, 0.29) is 11.5 Å². The second-order valence-corrected chi connectivity index (χ2v) is 7.05. The van der Waals surface area contributed by atoms with Crippen LogP contribution < -0.4 is 0 Å². The zero-order chi connectivity index (χ0) is 15.8. The van der Waals surface area contributed by atoms with Crippen molar-refractivity contribution in [3.05, 3.63) is 18.0 Å². The SMILES string of the molecule is Cc1cnn(CC(=O)N2CCC3(CC2)CC(C)(O)CCO3)c1. The van der Waals surface area contributed by atoms with E-state index in [1.165, 1.54) is 0 Å². The number of carbonyl (C=O) groups is 1. The summed E-state index contributed by atoms with van der Waals surface area (Å²) in [4.78, 5) is 14.2. The van der Waals surface area contributed by atoms with E-state index in [0.717, 1.165) is 18.4 Å². The Balaban J connectivity index is 1.56. The topological polar surface area (TPSA) is 67.6 Å². The molecule has 2 fully saturated rings. The van der Waals surface area contributed by atoms with Crippen LogP contribution in [0.4, 0.5) is 0 Å². The van der Waals surface area contributed by atoms with Crippen LogP contribution in [0.2, 0.25) is 0 Å². The molecule has 6 nitrogen and oxygen atoms in total. The smallest absolute Gasteiger partial charge is 0.244 e. The van der Waals surface area contributed by atoms with Crippen molar-refractivity contribution < 1.29 is 14.6 Å². The number of carbonyl (C=O) groups excluding carboxylic acids is 1. The molecule has 3 rings (SSSR count). The minimum Gasteiger partial charge on any atom is -0.390 e. The molecule has 6 heteroatoms. The maximum atomic E-state index is 12.4. The minimum atomic E-state index is -0.642. The van der Waals surface area contributed by atoms with Gasteiger partial charge in [0.2, 0.25) is 5.91 Å². The molecular weight excluding hydrogens is 282 g/mol. The fourth-order valence-electron chi connectivity index (χ4n) is 3.60. The van der Waals surface area contributed by atoms with Gasteiger partial charge in [0.05, 0.1) is 24.0 Å². The highest BCUT2D eigenvalue weighted by molar-refractivity contribution is 5.76.